The van der Waals surface area contributed by atoms with Gasteiger partial charge in [-0.1, -0.05) is 6.07 Å². The molecule has 0 amide bonds. The molecule has 1 N–H and O–H groups in total. The summed E-state index contributed by atoms with van der Waals surface area (Å²) in [5.41, 5.74) is 1.02. The van der Waals surface area contributed by atoms with E-state index in [0.29, 0.717) is 6.29 Å². The fraction of sp³-hybridized carbons (Fsp3) is 0.0667. The molecule has 6 heteroatoms. The van der Waals surface area contributed by atoms with Gasteiger partial charge in [-0.15, -0.1) is 0 Å². The first kappa shape index (κ1) is 13.2. The number of carbonyl (C=O) groups excluding carboxylic acids is 1. The number of rotatable bonds is 3. The topological polar surface area (TPSA) is 55.1 Å². The van der Waals surface area contributed by atoms with Gasteiger partial charge < -0.3 is 9.73 Å². The van der Waals surface area contributed by atoms with E-state index in [0.717, 1.165) is 11.8 Å². The summed E-state index contributed by atoms with van der Waals surface area (Å²) < 4.78 is 32.6. The smallest absolute Gasteiger partial charge is 0.191 e. The van der Waals surface area contributed by atoms with Crippen LogP contribution in [0.15, 0.2) is 35.0 Å². The Bertz CT molecular complexity index is 843. The molecule has 106 valence electrons. The third-order valence-corrected chi connectivity index (χ3v) is 3.07. The van der Waals surface area contributed by atoms with Crippen molar-refractivity contribution in [1.29, 1.82) is 0 Å². The molecule has 2 heterocycles. The number of furan rings is 1. The Morgan fingerprint density at radius 2 is 2.05 bits per heavy atom. The van der Waals surface area contributed by atoms with Crippen LogP contribution in [0.5, 0.6) is 0 Å². The number of fused-ring (bicyclic) bond motifs is 1. The maximum absolute atomic E-state index is 13.9. The van der Waals surface area contributed by atoms with Crippen molar-refractivity contribution in [2.24, 2.45) is 0 Å². The van der Waals surface area contributed by atoms with Crippen LogP contribution in [0, 0.1) is 18.6 Å². The van der Waals surface area contributed by atoms with Crippen LogP contribution in [0.25, 0.3) is 11.0 Å². The van der Waals surface area contributed by atoms with E-state index in [2.05, 4.69) is 10.3 Å². The van der Waals surface area contributed by atoms with Gasteiger partial charge in [0.1, 0.15) is 5.82 Å². The highest BCUT2D eigenvalue weighted by atomic mass is 19.1. The molecule has 4 nitrogen and oxygen atoms in total. The lowest BCUT2D eigenvalue weighted by Crippen LogP contribution is -1.96. The predicted octanol–water partition coefficient (Wildman–Crippen LogP) is 3.97. The minimum absolute atomic E-state index is 0.0953. The SMILES string of the molecule is Cc1ccc(Nc2c(C=O)oc3c(F)cncc23)c(F)c1. The Hall–Kier alpha value is -2.76. The summed E-state index contributed by atoms with van der Waals surface area (Å²) in [7, 11) is 0. The number of aromatic nitrogens is 1. The van der Waals surface area contributed by atoms with E-state index in [4.69, 9.17) is 4.42 Å². The zero-order valence-electron chi connectivity index (χ0n) is 11.0. The molecular formula is C15H10F2N2O2. The molecule has 1 aromatic carbocycles. The van der Waals surface area contributed by atoms with E-state index in [1.807, 2.05) is 0 Å². The van der Waals surface area contributed by atoms with Crippen LogP contribution in [0.4, 0.5) is 20.2 Å². The summed E-state index contributed by atoms with van der Waals surface area (Å²) in [6.45, 7) is 1.76. The summed E-state index contributed by atoms with van der Waals surface area (Å²) in [6.07, 6.45) is 2.77. The summed E-state index contributed by atoms with van der Waals surface area (Å²) in [5.74, 6) is -1.28. The van der Waals surface area contributed by atoms with E-state index in [9.17, 15) is 13.6 Å². The van der Waals surface area contributed by atoms with E-state index in [-0.39, 0.29) is 28.1 Å². The third-order valence-electron chi connectivity index (χ3n) is 3.07. The van der Waals surface area contributed by atoms with Crippen molar-refractivity contribution in [3.8, 4) is 0 Å². The minimum Gasteiger partial charge on any atom is -0.448 e. The van der Waals surface area contributed by atoms with E-state index < -0.39 is 11.6 Å². The van der Waals surface area contributed by atoms with Crippen LogP contribution in [0.1, 0.15) is 16.1 Å². The number of anilines is 2. The first-order valence-electron chi connectivity index (χ1n) is 6.14. The number of hydrogen-bond donors (Lipinski definition) is 1. The Morgan fingerprint density at radius 3 is 2.76 bits per heavy atom. The Labute approximate surface area is 118 Å². The second kappa shape index (κ2) is 4.97. The van der Waals surface area contributed by atoms with Crippen molar-refractivity contribution in [3.05, 3.63) is 53.6 Å². The molecule has 0 atom stereocenters. The van der Waals surface area contributed by atoms with Gasteiger partial charge in [-0.2, -0.15) is 0 Å². The summed E-state index contributed by atoms with van der Waals surface area (Å²) >= 11 is 0. The number of nitrogens with zero attached hydrogens (tertiary/aromatic N) is 1. The molecule has 2 aromatic heterocycles. The zero-order chi connectivity index (χ0) is 15.0. The average molecular weight is 288 g/mol. The molecule has 3 aromatic rings. The van der Waals surface area contributed by atoms with E-state index in [1.54, 1.807) is 13.0 Å². The highest BCUT2D eigenvalue weighted by molar-refractivity contribution is 6.00. The molecule has 0 spiro atoms. The molecule has 0 bridgehead atoms. The highest BCUT2D eigenvalue weighted by Gasteiger charge is 2.18. The molecular weight excluding hydrogens is 278 g/mol. The van der Waals surface area contributed by atoms with Crippen molar-refractivity contribution >= 4 is 28.6 Å². The summed E-state index contributed by atoms with van der Waals surface area (Å²) in [5, 5.41) is 3.04. The number of hydrogen-bond acceptors (Lipinski definition) is 4. The monoisotopic (exact) mass is 288 g/mol. The van der Waals surface area contributed by atoms with Crippen molar-refractivity contribution in [2.45, 2.75) is 6.92 Å². The van der Waals surface area contributed by atoms with Crippen molar-refractivity contribution in [1.82, 2.24) is 4.98 Å². The maximum atomic E-state index is 13.9. The van der Waals surface area contributed by atoms with Gasteiger partial charge in [-0.25, -0.2) is 8.78 Å². The molecule has 0 saturated heterocycles. The van der Waals surface area contributed by atoms with Gasteiger partial charge in [0.05, 0.1) is 23.0 Å². The number of nitrogens with one attached hydrogen (secondary N) is 1. The van der Waals surface area contributed by atoms with Crippen LogP contribution >= 0.6 is 0 Å². The molecule has 0 aliphatic heterocycles. The molecule has 0 aliphatic rings. The van der Waals surface area contributed by atoms with Gasteiger partial charge >= 0.3 is 0 Å². The van der Waals surface area contributed by atoms with Crippen LogP contribution in [0.2, 0.25) is 0 Å². The van der Waals surface area contributed by atoms with Gasteiger partial charge in [-0.05, 0) is 24.6 Å². The third kappa shape index (κ3) is 2.24. The van der Waals surface area contributed by atoms with Gasteiger partial charge in [0.25, 0.3) is 0 Å². The van der Waals surface area contributed by atoms with Crippen LogP contribution in [-0.4, -0.2) is 11.3 Å². The van der Waals surface area contributed by atoms with Gasteiger partial charge in [-0.3, -0.25) is 9.78 Å². The second-order valence-corrected chi connectivity index (χ2v) is 4.57. The summed E-state index contributed by atoms with van der Waals surface area (Å²) in [4.78, 5) is 14.8. The van der Waals surface area contributed by atoms with Crippen LogP contribution in [-0.2, 0) is 0 Å². The molecule has 21 heavy (non-hydrogen) atoms. The van der Waals surface area contributed by atoms with Crippen molar-refractivity contribution < 1.29 is 18.0 Å². The fourth-order valence-electron chi connectivity index (χ4n) is 2.07. The lowest BCUT2D eigenvalue weighted by molar-refractivity contribution is 0.110. The van der Waals surface area contributed by atoms with Crippen LogP contribution in [0.3, 0.4) is 0 Å². The lowest BCUT2D eigenvalue weighted by atomic mass is 10.2. The average Bonchev–Trinajstić information content (AvgIpc) is 2.81. The molecule has 0 fully saturated rings. The Kier molecular flexibility index (Phi) is 3.13. The molecule has 0 saturated carbocycles. The number of halogens is 2. The predicted molar refractivity (Wildman–Crippen MR) is 73.8 cm³/mol. The van der Waals surface area contributed by atoms with E-state index >= 15 is 0 Å². The molecule has 0 radical (unpaired) electrons. The highest BCUT2D eigenvalue weighted by Crippen LogP contribution is 2.33. The number of aryl methyl sites for hydroxylation is 1. The first-order valence-corrected chi connectivity index (χ1v) is 6.14. The van der Waals surface area contributed by atoms with Crippen molar-refractivity contribution in [2.75, 3.05) is 5.32 Å². The lowest BCUT2D eigenvalue weighted by Gasteiger charge is -2.07. The second-order valence-electron chi connectivity index (χ2n) is 4.57. The quantitative estimate of drug-likeness (QED) is 0.741. The van der Waals surface area contributed by atoms with Gasteiger partial charge in [0.2, 0.25) is 0 Å². The number of carbonyl (C=O) groups is 1. The number of pyridine rings is 1. The number of benzene rings is 1. The van der Waals surface area contributed by atoms with E-state index in [1.165, 1.54) is 18.3 Å². The normalized spacial score (nSPS) is 10.8. The minimum atomic E-state index is -0.687. The summed E-state index contributed by atoms with van der Waals surface area (Å²) in [6, 6.07) is 4.60. The fourth-order valence-corrected chi connectivity index (χ4v) is 2.07. The molecule has 0 aliphatic carbocycles. The molecule has 3 rings (SSSR count). The molecule has 0 unspecified atom stereocenters. The Morgan fingerprint density at radius 1 is 1.24 bits per heavy atom. The number of aldehydes is 1. The van der Waals surface area contributed by atoms with Gasteiger partial charge in [0, 0.05) is 6.20 Å². The van der Waals surface area contributed by atoms with Crippen molar-refractivity contribution in [3.63, 3.8) is 0 Å². The standard InChI is InChI=1S/C15H10F2N2O2/c1-8-2-3-12(10(16)4-8)19-14-9-5-18-6-11(17)15(9)21-13(14)7-20/h2-7,19H,1H3. The van der Waals surface area contributed by atoms with Gasteiger partial charge in [0.15, 0.2) is 23.4 Å². The Balaban J connectivity index is 2.15. The van der Waals surface area contributed by atoms with Crippen LogP contribution < -0.4 is 5.32 Å². The zero-order valence-corrected chi connectivity index (χ0v) is 11.0. The largest absolute Gasteiger partial charge is 0.448 e. The first-order chi connectivity index (χ1) is 10.1. The maximum Gasteiger partial charge on any atom is 0.191 e.